The van der Waals surface area contributed by atoms with E-state index in [-0.39, 0.29) is 11.8 Å². The Bertz CT molecular complexity index is 584. The molecule has 118 valence electrons. The molecule has 1 saturated heterocycles. The van der Waals surface area contributed by atoms with E-state index in [9.17, 15) is 21.6 Å². The number of nitrogens with zero attached hydrogens (tertiary/aromatic N) is 1. The molecule has 0 spiro atoms. The van der Waals surface area contributed by atoms with E-state index in [0.29, 0.717) is 25.2 Å². The maximum atomic E-state index is 12.5. The minimum Gasteiger partial charge on any atom is -0.370 e. The fourth-order valence-electron chi connectivity index (χ4n) is 2.29. The second-order valence-corrected chi connectivity index (χ2v) is 7.04. The fraction of sp³-hybridized carbons (Fsp3) is 0.538. The number of hydrogen-bond donors (Lipinski definition) is 1. The van der Waals surface area contributed by atoms with E-state index >= 15 is 0 Å². The van der Waals surface area contributed by atoms with Gasteiger partial charge in [0.2, 0.25) is 10.0 Å². The highest BCUT2D eigenvalue weighted by Crippen LogP contribution is 2.31. The molecule has 1 N–H and O–H groups in total. The fourth-order valence-corrected chi connectivity index (χ4v) is 3.16. The summed E-state index contributed by atoms with van der Waals surface area (Å²) in [5, 5.41) is 0. The molecule has 0 bridgehead atoms. The van der Waals surface area contributed by atoms with Crippen molar-refractivity contribution in [3.8, 4) is 0 Å². The van der Waals surface area contributed by atoms with Gasteiger partial charge in [0.15, 0.2) is 0 Å². The molecule has 0 unspecified atom stereocenters. The molecule has 0 radical (unpaired) electrons. The van der Waals surface area contributed by atoms with Crippen molar-refractivity contribution >= 4 is 15.7 Å². The largest absolute Gasteiger partial charge is 0.416 e. The smallest absolute Gasteiger partial charge is 0.370 e. The zero-order valence-corrected chi connectivity index (χ0v) is 12.3. The van der Waals surface area contributed by atoms with Gasteiger partial charge in [-0.1, -0.05) is 0 Å². The Morgan fingerprint density at radius 2 is 1.90 bits per heavy atom. The third-order valence-electron chi connectivity index (χ3n) is 3.47. The first kappa shape index (κ1) is 16.1. The van der Waals surface area contributed by atoms with Crippen molar-refractivity contribution < 1.29 is 21.6 Å². The average Bonchev–Trinajstić information content (AvgIpc) is 2.86. The third-order valence-corrected chi connectivity index (χ3v) is 4.93. The molecule has 0 amide bonds. The number of benzene rings is 1. The summed E-state index contributed by atoms with van der Waals surface area (Å²) in [6, 6.07) is 4.72. The van der Waals surface area contributed by atoms with Crippen LogP contribution in [0.2, 0.25) is 0 Å². The quantitative estimate of drug-likeness (QED) is 0.925. The maximum Gasteiger partial charge on any atom is 0.416 e. The lowest BCUT2D eigenvalue weighted by atomic mass is 10.2. The lowest BCUT2D eigenvalue weighted by molar-refractivity contribution is -0.137. The first-order valence-corrected chi connectivity index (χ1v) is 8.29. The van der Waals surface area contributed by atoms with Gasteiger partial charge in [0, 0.05) is 24.8 Å². The van der Waals surface area contributed by atoms with Crippen molar-refractivity contribution in [2.45, 2.75) is 25.6 Å². The van der Waals surface area contributed by atoms with Gasteiger partial charge in [0.05, 0.1) is 11.3 Å². The van der Waals surface area contributed by atoms with E-state index in [1.807, 2.05) is 4.90 Å². The van der Waals surface area contributed by atoms with Crippen LogP contribution in [0.1, 0.15) is 18.9 Å². The van der Waals surface area contributed by atoms with Crippen LogP contribution in [0.4, 0.5) is 18.9 Å². The van der Waals surface area contributed by atoms with Gasteiger partial charge in [0.1, 0.15) is 0 Å². The number of halogens is 3. The van der Waals surface area contributed by atoms with Crippen LogP contribution in [0.15, 0.2) is 24.3 Å². The minimum atomic E-state index is -4.34. The van der Waals surface area contributed by atoms with Crippen LogP contribution in [0, 0.1) is 0 Å². The molecule has 0 aromatic heterocycles. The summed E-state index contributed by atoms with van der Waals surface area (Å²) in [5.41, 5.74) is -0.0186. The summed E-state index contributed by atoms with van der Waals surface area (Å²) in [7, 11) is -3.26. The van der Waals surface area contributed by atoms with Crippen LogP contribution < -0.4 is 9.62 Å². The van der Waals surface area contributed by atoms with Gasteiger partial charge < -0.3 is 4.90 Å². The molecular weight excluding hydrogens is 305 g/mol. The van der Waals surface area contributed by atoms with Crippen molar-refractivity contribution in [3.63, 3.8) is 0 Å². The molecule has 8 heteroatoms. The summed E-state index contributed by atoms with van der Waals surface area (Å²) in [5.74, 6) is 0.0176. The van der Waals surface area contributed by atoms with Crippen molar-refractivity contribution in [1.82, 2.24) is 4.72 Å². The Morgan fingerprint density at radius 3 is 2.43 bits per heavy atom. The molecule has 1 aromatic rings. The van der Waals surface area contributed by atoms with Crippen molar-refractivity contribution in [1.29, 1.82) is 0 Å². The Morgan fingerprint density at radius 1 is 1.29 bits per heavy atom. The van der Waals surface area contributed by atoms with E-state index in [0.717, 1.165) is 12.1 Å². The van der Waals surface area contributed by atoms with Crippen LogP contribution in [0.5, 0.6) is 0 Å². The van der Waals surface area contributed by atoms with E-state index in [4.69, 9.17) is 0 Å². The van der Waals surface area contributed by atoms with Gasteiger partial charge in [-0.15, -0.1) is 0 Å². The molecule has 2 rings (SSSR count). The normalized spacial score (nSPS) is 20.0. The Hall–Kier alpha value is -1.28. The average molecular weight is 322 g/mol. The molecule has 1 atom stereocenters. The number of rotatable bonds is 4. The lowest BCUT2D eigenvalue weighted by Gasteiger charge is -2.19. The van der Waals surface area contributed by atoms with Crippen LogP contribution in [-0.2, 0) is 16.2 Å². The van der Waals surface area contributed by atoms with E-state index in [1.165, 1.54) is 12.1 Å². The van der Waals surface area contributed by atoms with Crippen LogP contribution in [0.3, 0.4) is 0 Å². The SMILES string of the molecule is CCS(=O)(=O)N[C@@H]1CCN(c2ccc(C(F)(F)F)cc2)C1. The summed E-state index contributed by atoms with van der Waals surface area (Å²) in [4.78, 5) is 1.88. The summed E-state index contributed by atoms with van der Waals surface area (Å²) in [6.45, 7) is 2.64. The zero-order valence-electron chi connectivity index (χ0n) is 11.5. The molecule has 1 aliphatic heterocycles. The zero-order chi connectivity index (χ0) is 15.7. The molecule has 21 heavy (non-hydrogen) atoms. The van der Waals surface area contributed by atoms with Crippen LogP contribution in [0.25, 0.3) is 0 Å². The summed E-state index contributed by atoms with van der Waals surface area (Å²) >= 11 is 0. The van der Waals surface area contributed by atoms with Crippen LogP contribution in [-0.4, -0.2) is 33.3 Å². The predicted octanol–water partition coefficient (Wildman–Crippen LogP) is 2.22. The topological polar surface area (TPSA) is 49.4 Å². The third kappa shape index (κ3) is 4.10. The highest BCUT2D eigenvalue weighted by Gasteiger charge is 2.31. The van der Waals surface area contributed by atoms with Crippen molar-refractivity contribution in [2.24, 2.45) is 0 Å². The van der Waals surface area contributed by atoms with Crippen molar-refractivity contribution in [2.75, 3.05) is 23.7 Å². The van der Waals surface area contributed by atoms with Gasteiger partial charge >= 0.3 is 6.18 Å². The number of sulfonamides is 1. The van der Waals surface area contributed by atoms with E-state index in [1.54, 1.807) is 6.92 Å². The summed E-state index contributed by atoms with van der Waals surface area (Å²) in [6.07, 6.45) is -3.71. The van der Waals surface area contributed by atoms with Gasteiger partial charge in [-0.3, -0.25) is 0 Å². The monoisotopic (exact) mass is 322 g/mol. The second-order valence-electron chi connectivity index (χ2n) is 5.00. The molecule has 1 aliphatic rings. The van der Waals surface area contributed by atoms with Gasteiger partial charge in [-0.2, -0.15) is 13.2 Å². The molecule has 0 saturated carbocycles. The standard InChI is InChI=1S/C13H17F3N2O2S/c1-2-21(19,20)17-11-7-8-18(9-11)12-5-3-10(4-6-12)13(14,15)16/h3-6,11,17H,2,7-9H2,1H3/t11-/m1/s1. The highest BCUT2D eigenvalue weighted by atomic mass is 32.2. The number of anilines is 1. The Labute approximate surface area is 122 Å². The number of hydrogen-bond acceptors (Lipinski definition) is 3. The number of nitrogens with one attached hydrogen (secondary N) is 1. The predicted molar refractivity (Wildman–Crippen MR) is 74.7 cm³/mol. The van der Waals surface area contributed by atoms with E-state index < -0.39 is 21.8 Å². The molecular formula is C13H17F3N2O2S. The van der Waals surface area contributed by atoms with Gasteiger partial charge in [-0.05, 0) is 37.6 Å². The number of alkyl halides is 3. The molecule has 4 nitrogen and oxygen atoms in total. The second kappa shape index (κ2) is 5.84. The first-order valence-electron chi connectivity index (χ1n) is 6.63. The summed E-state index contributed by atoms with van der Waals surface area (Å²) < 4.78 is 63.1. The Kier molecular flexibility index (Phi) is 4.48. The molecule has 0 aliphatic carbocycles. The Balaban J connectivity index is 2.02. The van der Waals surface area contributed by atoms with E-state index in [2.05, 4.69) is 4.72 Å². The van der Waals surface area contributed by atoms with Gasteiger partial charge in [0.25, 0.3) is 0 Å². The highest BCUT2D eigenvalue weighted by molar-refractivity contribution is 7.89. The lowest BCUT2D eigenvalue weighted by Crippen LogP contribution is -2.37. The molecule has 1 aromatic carbocycles. The van der Waals surface area contributed by atoms with Crippen LogP contribution >= 0.6 is 0 Å². The minimum absolute atomic E-state index is 0.0176. The molecule has 1 heterocycles. The maximum absolute atomic E-state index is 12.5. The van der Waals surface area contributed by atoms with Gasteiger partial charge in [-0.25, -0.2) is 13.1 Å². The van der Waals surface area contributed by atoms with Crippen molar-refractivity contribution in [3.05, 3.63) is 29.8 Å². The first-order chi connectivity index (χ1) is 9.71. The molecule has 1 fully saturated rings.